The fourth-order valence-corrected chi connectivity index (χ4v) is 0.656. The van der Waals surface area contributed by atoms with Gasteiger partial charge in [0.1, 0.15) is 13.6 Å². The van der Waals surface area contributed by atoms with Crippen LogP contribution in [0.4, 0.5) is 0 Å². The number of aldehydes is 1. The average Bonchev–Trinajstić information content (AvgIpc) is 1.80. The Kier molecular flexibility index (Phi) is 5.63. The van der Waals surface area contributed by atoms with Gasteiger partial charge in [-0.05, 0) is 27.0 Å². The Balaban J connectivity index is 2.82. The third-order valence-electron chi connectivity index (χ3n) is 1.18. The molecule has 0 aromatic carbocycles. The van der Waals surface area contributed by atoms with Gasteiger partial charge in [0, 0.05) is 0 Å². The zero-order chi connectivity index (χ0) is 7.11. The first-order valence-electron chi connectivity index (χ1n) is 3.35. The van der Waals surface area contributed by atoms with Gasteiger partial charge in [-0.1, -0.05) is 6.32 Å². The van der Waals surface area contributed by atoms with Crippen molar-refractivity contribution in [3.8, 4) is 0 Å². The van der Waals surface area contributed by atoms with Gasteiger partial charge in [0.2, 0.25) is 0 Å². The molecule has 0 aliphatic rings. The molecule has 2 nitrogen and oxygen atoms in total. The minimum Gasteiger partial charge on any atom is -0.310 e. The summed E-state index contributed by atoms with van der Waals surface area (Å²) in [7, 11) is 5.11. The van der Waals surface area contributed by atoms with Crippen LogP contribution in [0, 0.1) is 0 Å². The Morgan fingerprint density at radius 1 is 1.56 bits per heavy atom. The molecule has 0 fully saturated rings. The highest BCUT2D eigenvalue weighted by molar-refractivity contribution is 6.39. The largest absolute Gasteiger partial charge is 0.310 e. The molecular weight excluding hydrogens is 113 g/mol. The highest BCUT2D eigenvalue weighted by Crippen LogP contribution is 1.84. The van der Waals surface area contributed by atoms with Crippen molar-refractivity contribution in [2.75, 3.05) is 20.6 Å². The number of hydrogen-bond donors (Lipinski definition) is 0. The topological polar surface area (TPSA) is 20.3 Å². The first-order valence-corrected chi connectivity index (χ1v) is 3.35. The molecule has 0 bridgehead atoms. The zero-order valence-electron chi connectivity index (χ0n) is 6.26. The van der Waals surface area contributed by atoms with Crippen molar-refractivity contribution < 1.29 is 4.79 Å². The molecule has 0 rings (SSSR count). The van der Waals surface area contributed by atoms with Crippen molar-refractivity contribution in [1.82, 2.24) is 4.90 Å². The van der Waals surface area contributed by atoms with Gasteiger partial charge >= 0.3 is 0 Å². The molecule has 0 N–H and O–H groups in total. The Bertz CT molecular complexity index is 75.5. The van der Waals surface area contributed by atoms with Crippen molar-refractivity contribution >= 4 is 13.6 Å². The summed E-state index contributed by atoms with van der Waals surface area (Å²) in [5.74, 6) is 0. The molecule has 0 aliphatic heterocycles. The number of hydrogen-bond acceptors (Lipinski definition) is 2. The van der Waals surface area contributed by atoms with Crippen molar-refractivity contribution in [1.29, 1.82) is 0 Å². The molecule has 0 aromatic heterocycles. The monoisotopic (exact) mass is 127 g/mol. The number of carbonyl (C=O) groups excluding carboxylic acids is 1. The van der Waals surface area contributed by atoms with Crippen molar-refractivity contribution in [2.24, 2.45) is 0 Å². The molecular formula is C6H14BNO. The van der Waals surface area contributed by atoms with E-state index in [0.717, 1.165) is 26.4 Å². The number of carbonyl (C=O) groups is 1. The molecule has 3 heteroatoms. The van der Waals surface area contributed by atoms with Gasteiger partial charge in [0.25, 0.3) is 0 Å². The molecule has 0 aliphatic carbocycles. The average molecular weight is 127 g/mol. The van der Waals surface area contributed by atoms with Gasteiger partial charge in [0.15, 0.2) is 0 Å². The van der Waals surface area contributed by atoms with Crippen molar-refractivity contribution in [3.63, 3.8) is 0 Å². The maximum Gasteiger partial charge on any atom is 0.130 e. The fraction of sp³-hybridized carbons (Fsp3) is 0.833. The summed E-state index contributed by atoms with van der Waals surface area (Å²) >= 11 is 0. The molecule has 0 radical (unpaired) electrons. The van der Waals surface area contributed by atoms with E-state index in [0.29, 0.717) is 6.32 Å². The third kappa shape index (κ3) is 7.69. The summed E-state index contributed by atoms with van der Waals surface area (Å²) in [6.07, 6.45) is 2.83. The molecule has 0 saturated heterocycles. The van der Waals surface area contributed by atoms with Crippen LogP contribution >= 0.6 is 0 Å². The highest BCUT2D eigenvalue weighted by atomic mass is 16.1. The van der Waals surface area contributed by atoms with Gasteiger partial charge in [-0.3, -0.25) is 0 Å². The van der Waals surface area contributed by atoms with E-state index >= 15 is 0 Å². The standard InChI is InChI=1S/C6H14BNO/c1-8(2)5-3-7-4-6-9/h6-7H,3-5H2,1-2H3. The third-order valence-corrected chi connectivity index (χ3v) is 1.18. The molecule has 0 aromatic rings. The minimum atomic E-state index is 0.716. The summed E-state index contributed by atoms with van der Waals surface area (Å²) in [5, 5.41) is 0. The Hall–Kier alpha value is -0.305. The molecule has 9 heavy (non-hydrogen) atoms. The van der Waals surface area contributed by atoms with Crippen LogP contribution in [0.25, 0.3) is 0 Å². The lowest BCUT2D eigenvalue weighted by molar-refractivity contribution is -0.106. The first kappa shape index (κ1) is 8.69. The maximum atomic E-state index is 9.84. The van der Waals surface area contributed by atoms with Gasteiger partial charge in [-0.15, -0.1) is 0 Å². The predicted octanol–water partition coefficient (Wildman–Crippen LogP) is 0.0200. The number of rotatable bonds is 5. The van der Waals surface area contributed by atoms with Gasteiger partial charge in [0.05, 0.1) is 0 Å². The molecule has 0 saturated carbocycles. The lowest BCUT2D eigenvalue weighted by atomic mass is 9.71. The van der Waals surface area contributed by atoms with Gasteiger partial charge in [-0.25, -0.2) is 0 Å². The first-order chi connectivity index (χ1) is 4.27. The van der Waals surface area contributed by atoms with Gasteiger partial charge in [-0.2, -0.15) is 0 Å². The van der Waals surface area contributed by atoms with Crippen LogP contribution in [0.2, 0.25) is 12.6 Å². The maximum absolute atomic E-state index is 9.84. The molecule has 0 atom stereocenters. The summed E-state index contributed by atoms with van der Waals surface area (Å²) in [6.45, 7) is 1.09. The predicted molar refractivity (Wildman–Crippen MR) is 41.4 cm³/mol. The van der Waals surface area contributed by atoms with Crippen molar-refractivity contribution in [3.05, 3.63) is 0 Å². The van der Waals surface area contributed by atoms with Crippen LogP contribution in [0.1, 0.15) is 0 Å². The highest BCUT2D eigenvalue weighted by Gasteiger charge is 1.90. The Morgan fingerprint density at radius 3 is 2.67 bits per heavy atom. The molecule has 0 heterocycles. The minimum absolute atomic E-state index is 0.716. The van der Waals surface area contributed by atoms with E-state index in [1.165, 1.54) is 0 Å². The second-order valence-electron chi connectivity index (χ2n) is 2.47. The van der Waals surface area contributed by atoms with E-state index in [-0.39, 0.29) is 0 Å². The van der Waals surface area contributed by atoms with Gasteiger partial charge < -0.3 is 9.69 Å². The smallest absolute Gasteiger partial charge is 0.130 e. The van der Waals surface area contributed by atoms with Crippen molar-refractivity contribution in [2.45, 2.75) is 12.6 Å². The van der Waals surface area contributed by atoms with E-state index < -0.39 is 0 Å². The van der Waals surface area contributed by atoms with Crippen LogP contribution in [0.3, 0.4) is 0 Å². The van der Waals surface area contributed by atoms with E-state index in [1.807, 2.05) is 14.1 Å². The lowest BCUT2D eigenvalue weighted by Gasteiger charge is -2.06. The normalized spacial score (nSPS) is 9.67. The summed E-state index contributed by atoms with van der Waals surface area (Å²) in [6, 6.07) is 0. The second kappa shape index (κ2) is 5.82. The summed E-state index contributed by atoms with van der Waals surface area (Å²) < 4.78 is 0. The van der Waals surface area contributed by atoms with Crippen LogP contribution in [0.5, 0.6) is 0 Å². The van der Waals surface area contributed by atoms with E-state index in [1.54, 1.807) is 0 Å². The quantitative estimate of drug-likeness (QED) is 0.294. The molecule has 52 valence electrons. The Morgan fingerprint density at radius 2 is 2.22 bits per heavy atom. The molecule has 0 unspecified atom stereocenters. The molecule has 0 spiro atoms. The van der Waals surface area contributed by atoms with Crippen LogP contribution in [0.15, 0.2) is 0 Å². The van der Waals surface area contributed by atoms with E-state index in [4.69, 9.17) is 0 Å². The summed E-state index contributed by atoms with van der Waals surface area (Å²) in [4.78, 5) is 12.0. The zero-order valence-corrected chi connectivity index (χ0v) is 6.26. The number of nitrogens with zero attached hydrogens (tertiary/aromatic N) is 1. The fourth-order valence-electron chi connectivity index (χ4n) is 0.656. The Labute approximate surface area is 57.5 Å². The second-order valence-corrected chi connectivity index (χ2v) is 2.47. The van der Waals surface area contributed by atoms with Crippen LogP contribution in [-0.4, -0.2) is 39.1 Å². The van der Waals surface area contributed by atoms with E-state index in [2.05, 4.69) is 4.90 Å². The van der Waals surface area contributed by atoms with E-state index in [9.17, 15) is 4.79 Å². The summed E-state index contributed by atoms with van der Waals surface area (Å²) in [5.41, 5.74) is 0. The van der Waals surface area contributed by atoms with Crippen LogP contribution in [-0.2, 0) is 4.79 Å². The van der Waals surface area contributed by atoms with Crippen LogP contribution < -0.4 is 0 Å². The lowest BCUT2D eigenvalue weighted by Crippen LogP contribution is -2.14. The SMILES string of the molecule is CN(C)CCBCC=O. The molecule has 0 amide bonds.